The van der Waals surface area contributed by atoms with Crippen LogP contribution in [0.2, 0.25) is 0 Å². The molecule has 0 atom stereocenters. The van der Waals surface area contributed by atoms with Crippen molar-refractivity contribution in [2.24, 2.45) is 0 Å². The van der Waals surface area contributed by atoms with Crippen molar-refractivity contribution in [2.75, 3.05) is 0 Å². The van der Waals surface area contributed by atoms with Gasteiger partial charge in [0.05, 0.1) is 4.90 Å². The SMILES string of the molecule is Cc1ccc(S(=O)(=O)NC2(C(=O)O)CCCC2)c(C)c1. The van der Waals surface area contributed by atoms with E-state index in [1.165, 1.54) is 6.07 Å². The van der Waals surface area contributed by atoms with E-state index in [1.54, 1.807) is 19.1 Å². The minimum absolute atomic E-state index is 0.149. The fourth-order valence-electron chi connectivity index (χ4n) is 2.75. The van der Waals surface area contributed by atoms with Gasteiger partial charge in [0.25, 0.3) is 0 Å². The molecule has 1 fully saturated rings. The van der Waals surface area contributed by atoms with E-state index in [2.05, 4.69) is 4.72 Å². The number of aliphatic carboxylic acids is 1. The first-order valence-corrected chi connectivity index (χ1v) is 8.10. The van der Waals surface area contributed by atoms with E-state index in [-0.39, 0.29) is 4.90 Å². The molecule has 5 nitrogen and oxygen atoms in total. The largest absolute Gasteiger partial charge is 0.480 e. The first kappa shape index (κ1) is 15.0. The van der Waals surface area contributed by atoms with Crippen molar-refractivity contribution in [1.82, 2.24) is 4.72 Å². The second-order valence-electron chi connectivity index (χ2n) is 5.47. The van der Waals surface area contributed by atoms with E-state index in [0.29, 0.717) is 18.4 Å². The number of aryl methyl sites for hydroxylation is 2. The number of nitrogens with one attached hydrogen (secondary N) is 1. The highest BCUT2D eigenvalue weighted by molar-refractivity contribution is 7.89. The fourth-order valence-corrected chi connectivity index (χ4v) is 4.40. The second kappa shape index (κ2) is 5.18. The Morgan fingerprint density at radius 2 is 1.85 bits per heavy atom. The maximum absolute atomic E-state index is 12.5. The van der Waals surface area contributed by atoms with Crippen molar-refractivity contribution in [3.63, 3.8) is 0 Å². The molecule has 1 aromatic carbocycles. The molecule has 1 aromatic rings. The number of benzene rings is 1. The highest BCUT2D eigenvalue weighted by Crippen LogP contribution is 2.32. The molecule has 1 aliphatic rings. The van der Waals surface area contributed by atoms with Crippen molar-refractivity contribution >= 4 is 16.0 Å². The summed E-state index contributed by atoms with van der Waals surface area (Å²) < 4.78 is 27.3. The third kappa shape index (κ3) is 2.71. The number of rotatable bonds is 4. The number of sulfonamides is 1. The lowest BCUT2D eigenvalue weighted by molar-refractivity contribution is -0.143. The summed E-state index contributed by atoms with van der Waals surface area (Å²) >= 11 is 0. The topological polar surface area (TPSA) is 83.5 Å². The zero-order chi connectivity index (χ0) is 15.0. The fraction of sp³-hybridized carbons (Fsp3) is 0.500. The normalized spacial score (nSPS) is 18.1. The molecule has 0 saturated heterocycles. The quantitative estimate of drug-likeness (QED) is 0.890. The van der Waals surface area contributed by atoms with Crippen molar-refractivity contribution in [1.29, 1.82) is 0 Å². The van der Waals surface area contributed by atoms with Gasteiger partial charge in [0.1, 0.15) is 5.54 Å². The molecular weight excluding hydrogens is 278 g/mol. The third-order valence-corrected chi connectivity index (χ3v) is 5.51. The van der Waals surface area contributed by atoms with Crippen molar-refractivity contribution in [3.05, 3.63) is 29.3 Å². The van der Waals surface area contributed by atoms with Crippen LogP contribution in [-0.2, 0) is 14.8 Å². The minimum atomic E-state index is -3.83. The maximum Gasteiger partial charge on any atom is 0.324 e. The van der Waals surface area contributed by atoms with Crippen LogP contribution in [0.25, 0.3) is 0 Å². The number of carboxylic acid groups (broad SMARTS) is 1. The third-order valence-electron chi connectivity index (χ3n) is 3.82. The summed E-state index contributed by atoms with van der Waals surface area (Å²) in [7, 11) is -3.83. The van der Waals surface area contributed by atoms with E-state index in [0.717, 1.165) is 18.4 Å². The molecule has 0 unspecified atom stereocenters. The lowest BCUT2D eigenvalue weighted by atomic mass is 10.0. The van der Waals surface area contributed by atoms with E-state index in [1.807, 2.05) is 6.92 Å². The highest BCUT2D eigenvalue weighted by atomic mass is 32.2. The number of carbonyl (C=O) groups is 1. The predicted molar refractivity (Wildman–Crippen MR) is 75.1 cm³/mol. The first-order chi connectivity index (χ1) is 9.27. The van der Waals surface area contributed by atoms with Crippen LogP contribution in [0.1, 0.15) is 36.8 Å². The number of hydrogen-bond donors (Lipinski definition) is 2. The van der Waals surface area contributed by atoms with Gasteiger partial charge in [0, 0.05) is 0 Å². The van der Waals surface area contributed by atoms with Gasteiger partial charge < -0.3 is 5.11 Å². The molecule has 1 saturated carbocycles. The first-order valence-electron chi connectivity index (χ1n) is 6.61. The standard InChI is InChI=1S/C14H19NO4S/c1-10-5-6-12(11(2)9-10)20(18,19)15-14(13(16)17)7-3-4-8-14/h5-6,9,15H,3-4,7-8H2,1-2H3,(H,16,17). The van der Waals surface area contributed by atoms with Gasteiger partial charge in [0.15, 0.2) is 0 Å². The van der Waals surface area contributed by atoms with Crippen LogP contribution in [0.4, 0.5) is 0 Å². The molecule has 6 heteroatoms. The summed E-state index contributed by atoms with van der Waals surface area (Å²) in [6.45, 7) is 3.59. The van der Waals surface area contributed by atoms with E-state index in [4.69, 9.17) is 0 Å². The molecule has 0 radical (unpaired) electrons. The lowest BCUT2D eigenvalue weighted by Crippen LogP contribution is -2.52. The molecule has 2 rings (SSSR count). The molecule has 0 aromatic heterocycles. The maximum atomic E-state index is 12.5. The van der Waals surface area contributed by atoms with E-state index >= 15 is 0 Å². The van der Waals surface area contributed by atoms with E-state index in [9.17, 15) is 18.3 Å². The van der Waals surface area contributed by atoms with Gasteiger partial charge in [-0.25, -0.2) is 8.42 Å². The van der Waals surface area contributed by atoms with Crippen LogP contribution in [0, 0.1) is 13.8 Å². The summed E-state index contributed by atoms with van der Waals surface area (Å²) in [5.41, 5.74) is 0.238. The lowest BCUT2D eigenvalue weighted by Gasteiger charge is -2.25. The molecule has 0 bridgehead atoms. The summed E-state index contributed by atoms with van der Waals surface area (Å²) in [5, 5.41) is 9.36. The average molecular weight is 297 g/mol. The molecule has 2 N–H and O–H groups in total. The average Bonchev–Trinajstić information content (AvgIpc) is 2.77. The van der Waals surface area contributed by atoms with Crippen LogP contribution in [0.3, 0.4) is 0 Å². The van der Waals surface area contributed by atoms with Crippen LogP contribution in [-0.4, -0.2) is 25.0 Å². The minimum Gasteiger partial charge on any atom is -0.480 e. The van der Waals surface area contributed by atoms with Gasteiger partial charge in [-0.05, 0) is 38.3 Å². The van der Waals surface area contributed by atoms with Crippen LogP contribution >= 0.6 is 0 Å². The monoisotopic (exact) mass is 297 g/mol. The van der Waals surface area contributed by atoms with Gasteiger partial charge in [-0.2, -0.15) is 4.72 Å². The van der Waals surface area contributed by atoms with Crippen molar-refractivity contribution in [3.8, 4) is 0 Å². The zero-order valence-electron chi connectivity index (χ0n) is 11.6. The molecule has 0 aliphatic heterocycles. The number of hydrogen-bond acceptors (Lipinski definition) is 3. The summed E-state index contributed by atoms with van der Waals surface area (Å²) in [6, 6.07) is 5.01. The van der Waals surface area contributed by atoms with Gasteiger partial charge in [-0.1, -0.05) is 30.5 Å². The van der Waals surface area contributed by atoms with Gasteiger partial charge in [0.2, 0.25) is 10.0 Å². The Labute approximate surface area is 119 Å². The molecular formula is C14H19NO4S. The smallest absolute Gasteiger partial charge is 0.324 e. The van der Waals surface area contributed by atoms with Crippen LogP contribution in [0.15, 0.2) is 23.1 Å². The Balaban J connectivity index is 2.38. The Kier molecular flexibility index (Phi) is 3.88. The molecule has 0 heterocycles. The Hall–Kier alpha value is -1.40. The van der Waals surface area contributed by atoms with Gasteiger partial charge in [-0.3, -0.25) is 4.79 Å². The van der Waals surface area contributed by atoms with Crippen LogP contribution < -0.4 is 4.72 Å². The molecule has 1 aliphatic carbocycles. The Morgan fingerprint density at radius 3 is 2.35 bits per heavy atom. The molecule has 110 valence electrons. The predicted octanol–water partition coefficient (Wildman–Crippen LogP) is 1.98. The highest BCUT2D eigenvalue weighted by Gasteiger charge is 2.44. The van der Waals surface area contributed by atoms with Gasteiger partial charge >= 0.3 is 5.97 Å². The van der Waals surface area contributed by atoms with Crippen molar-refractivity contribution in [2.45, 2.75) is 50.0 Å². The second-order valence-corrected chi connectivity index (χ2v) is 7.12. The summed E-state index contributed by atoms with van der Waals surface area (Å²) in [5.74, 6) is -1.09. The molecule has 20 heavy (non-hydrogen) atoms. The zero-order valence-corrected chi connectivity index (χ0v) is 12.5. The van der Waals surface area contributed by atoms with Crippen LogP contribution in [0.5, 0.6) is 0 Å². The molecule has 0 amide bonds. The van der Waals surface area contributed by atoms with Crippen molar-refractivity contribution < 1.29 is 18.3 Å². The Bertz CT molecular complexity index is 631. The van der Waals surface area contributed by atoms with Gasteiger partial charge in [-0.15, -0.1) is 0 Å². The molecule has 0 spiro atoms. The Morgan fingerprint density at radius 1 is 1.25 bits per heavy atom. The summed E-state index contributed by atoms with van der Waals surface area (Å²) in [4.78, 5) is 11.6. The number of carboxylic acids is 1. The van der Waals surface area contributed by atoms with E-state index < -0.39 is 21.5 Å². The summed E-state index contributed by atoms with van der Waals surface area (Å²) in [6.07, 6.45) is 2.13.